The van der Waals surface area contributed by atoms with Crippen molar-refractivity contribution in [2.45, 2.75) is 33.6 Å². The molecule has 0 aliphatic carbocycles. The standard InChI is InChI=1S/C15H19NO5/c1-5-13(18)16-11-7-10(9(3)17)8-12(20-4)15(11)21-14(19)6-2/h7-8H,5-6H2,1-4H3,(H,16,18). The van der Waals surface area contributed by atoms with E-state index >= 15 is 0 Å². The molecule has 6 heteroatoms. The topological polar surface area (TPSA) is 81.7 Å². The number of carbonyl (C=O) groups excluding carboxylic acids is 3. The molecule has 0 heterocycles. The predicted molar refractivity (Wildman–Crippen MR) is 77.8 cm³/mol. The van der Waals surface area contributed by atoms with Gasteiger partial charge in [-0.3, -0.25) is 14.4 Å². The highest BCUT2D eigenvalue weighted by molar-refractivity contribution is 5.99. The summed E-state index contributed by atoms with van der Waals surface area (Å²) in [5.41, 5.74) is 0.600. The van der Waals surface area contributed by atoms with Gasteiger partial charge in [0.05, 0.1) is 12.8 Å². The molecule has 0 aliphatic heterocycles. The molecule has 0 aliphatic rings. The van der Waals surface area contributed by atoms with Crippen molar-refractivity contribution in [3.05, 3.63) is 17.7 Å². The molecule has 114 valence electrons. The number of ether oxygens (including phenoxy) is 2. The maximum absolute atomic E-state index is 11.6. The van der Waals surface area contributed by atoms with E-state index in [0.717, 1.165) is 0 Å². The number of amides is 1. The highest BCUT2D eigenvalue weighted by atomic mass is 16.6. The fourth-order valence-electron chi connectivity index (χ4n) is 1.58. The molecule has 1 rings (SSSR count). The lowest BCUT2D eigenvalue weighted by atomic mass is 10.1. The summed E-state index contributed by atoms with van der Waals surface area (Å²) in [4.78, 5) is 34.6. The van der Waals surface area contributed by atoms with Gasteiger partial charge in [0, 0.05) is 18.4 Å². The van der Waals surface area contributed by atoms with E-state index in [9.17, 15) is 14.4 Å². The Morgan fingerprint density at radius 2 is 1.81 bits per heavy atom. The fourth-order valence-corrected chi connectivity index (χ4v) is 1.58. The molecule has 0 fully saturated rings. The number of benzene rings is 1. The first-order valence-corrected chi connectivity index (χ1v) is 6.66. The molecule has 0 spiro atoms. The minimum absolute atomic E-state index is 0.108. The van der Waals surface area contributed by atoms with Crippen molar-refractivity contribution >= 4 is 23.3 Å². The minimum Gasteiger partial charge on any atom is -0.493 e. The van der Waals surface area contributed by atoms with Gasteiger partial charge < -0.3 is 14.8 Å². The summed E-state index contributed by atoms with van der Waals surface area (Å²) in [7, 11) is 1.40. The molecule has 1 aromatic rings. The summed E-state index contributed by atoms with van der Waals surface area (Å²) >= 11 is 0. The number of esters is 1. The Kier molecular flexibility index (Phi) is 5.90. The molecule has 6 nitrogen and oxygen atoms in total. The maximum Gasteiger partial charge on any atom is 0.311 e. The zero-order chi connectivity index (χ0) is 16.0. The average molecular weight is 293 g/mol. The first-order valence-electron chi connectivity index (χ1n) is 6.66. The zero-order valence-corrected chi connectivity index (χ0v) is 12.6. The van der Waals surface area contributed by atoms with Crippen LogP contribution < -0.4 is 14.8 Å². The number of Topliss-reactive ketones (excluding diaryl/α,β-unsaturated/α-hetero) is 1. The van der Waals surface area contributed by atoms with Crippen molar-refractivity contribution < 1.29 is 23.9 Å². The molecule has 1 N–H and O–H groups in total. The van der Waals surface area contributed by atoms with Crippen molar-refractivity contribution in [1.82, 2.24) is 0 Å². The van der Waals surface area contributed by atoms with E-state index in [0.29, 0.717) is 5.56 Å². The largest absolute Gasteiger partial charge is 0.493 e. The van der Waals surface area contributed by atoms with Crippen LogP contribution in [0, 0.1) is 0 Å². The Morgan fingerprint density at radius 3 is 2.29 bits per heavy atom. The van der Waals surface area contributed by atoms with Crippen molar-refractivity contribution in [3.8, 4) is 11.5 Å². The zero-order valence-electron chi connectivity index (χ0n) is 12.6. The number of rotatable bonds is 6. The van der Waals surface area contributed by atoms with E-state index in [1.165, 1.54) is 26.2 Å². The highest BCUT2D eigenvalue weighted by Crippen LogP contribution is 2.37. The monoisotopic (exact) mass is 293 g/mol. The van der Waals surface area contributed by atoms with Gasteiger partial charge in [0.2, 0.25) is 5.91 Å². The van der Waals surface area contributed by atoms with Gasteiger partial charge in [-0.1, -0.05) is 13.8 Å². The smallest absolute Gasteiger partial charge is 0.311 e. The van der Waals surface area contributed by atoms with Gasteiger partial charge >= 0.3 is 5.97 Å². The van der Waals surface area contributed by atoms with Crippen LogP contribution in [-0.2, 0) is 9.59 Å². The van der Waals surface area contributed by atoms with Crippen molar-refractivity contribution in [3.63, 3.8) is 0 Å². The maximum atomic E-state index is 11.6. The number of ketones is 1. The summed E-state index contributed by atoms with van der Waals surface area (Å²) in [6, 6.07) is 2.94. The SMILES string of the molecule is CCC(=O)Nc1cc(C(C)=O)cc(OC)c1OC(=O)CC. The summed E-state index contributed by atoms with van der Waals surface area (Å²) in [6.45, 7) is 4.75. The van der Waals surface area contributed by atoms with E-state index in [2.05, 4.69) is 5.32 Å². The van der Waals surface area contributed by atoms with Gasteiger partial charge in [-0.25, -0.2) is 0 Å². The Hall–Kier alpha value is -2.37. The summed E-state index contributed by atoms with van der Waals surface area (Å²) in [5.74, 6) is -0.580. The highest BCUT2D eigenvalue weighted by Gasteiger charge is 2.18. The van der Waals surface area contributed by atoms with Crippen LogP contribution in [0.1, 0.15) is 44.0 Å². The predicted octanol–water partition coefficient (Wildman–Crippen LogP) is 2.56. The van der Waals surface area contributed by atoms with Crippen LogP contribution in [0.2, 0.25) is 0 Å². The van der Waals surface area contributed by atoms with Gasteiger partial charge in [0.15, 0.2) is 17.3 Å². The van der Waals surface area contributed by atoms with Crippen LogP contribution >= 0.6 is 0 Å². The summed E-state index contributed by atoms with van der Waals surface area (Å²) in [6.07, 6.45) is 0.437. The molecule has 1 amide bonds. The van der Waals surface area contributed by atoms with Crippen LogP contribution in [0.4, 0.5) is 5.69 Å². The number of hydrogen-bond acceptors (Lipinski definition) is 5. The van der Waals surface area contributed by atoms with Gasteiger partial charge in [-0.05, 0) is 19.1 Å². The molecule has 1 aromatic carbocycles. The number of methoxy groups -OCH3 is 1. The third-order valence-electron chi connectivity index (χ3n) is 2.78. The van der Waals surface area contributed by atoms with Crippen LogP contribution in [0.5, 0.6) is 11.5 Å². The Morgan fingerprint density at radius 1 is 1.14 bits per heavy atom. The average Bonchev–Trinajstić information content (AvgIpc) is 2.47. The molecule has 0 saturated carbocycles. The lowest BCUT2D eigenvalue weighted by molar-refractivity contribution is -0.134. The molecule has 0 bridgehead atoms. The first kappa shape index (κ1) is 16.7. The van der Waals surface area contributed by atoms with Crippen LogP contribution in [0.15, 0.2) is 12.1 Å². The Bertz CT molecular complexity index is 565. The molecule has 0 radical (unpaired) electrons. The van der Waals surface area contributed by atoms with Crippen molar-refractivity contribution in [2.75, 3.05) is 12.4 Å². The van der Waals surface area contributed by atoms with E-state index in [-0.39, 0.29) is 41.7 Å². The van der Waals surface area contributed by atoms with E-state index < -0.39 is 5.97 Å². The van der Waals surface area contributed by atoms with E-state index in [1.54, 1.807) is 13.8 Å². The molecular weight excluding hydrogens is 274 g/mol. The van der Waals surface area contributed by atoms with Crippen LogP contribution in [0.3, 0.4) is 0 Å². The molecule has 0 saturated heterocycles. The van der Waals surface area contributed by atoms with Gasteiger partial charge in [-0.15, -0.1) is 0 Å². The number of carbonyl (C=O) groups is 3. The lowest BCUT2D eigenvalue weighted by Crippen LogP contribution is -2.14. The number of anilines is 1. The molecule has 0 unspecified atom stereocenters. The lowest BCUT2D eigenvalue weighted by Gasteiger charge is -2.15. The molecule has 21 heavy (non-hydrogen) atoms. The molecule has 0 aromatic heterocycles. The third kappa shape index (κ3) is 4.30. The second-order valence-corrected chi connectivity index (χ2v) is 4.34. The first-order chi connectivity index (χ1) is 9.92. The normalized spacial score (nSPS) is 9.90. The van der Waals surface area contributed by atoms with Crippen LogP contribution in [-0.4, -0.2) is 24.8 Å². The Balaban J connectivity index is 3.37. The van der Waals surface area contributed by atoms with Gasteiger partial charge in [0.25, 0.3) is 0 Å². The van der Waals surface area contributed by atoms with Crippen molar-refractivity contribution in [2.24, 2.45) is 0 Å². The number of hydrogen-bond donors (Lipinski definition) is 1. The quantitative estimate of drug-likeness (QED) is 0.495. The van der Waals surface area contributed by atoms with Crippen LogP contribution in [0.25, 0.3) is 0 Å². The van der Waals surface area contributed by atoms with Gasteiger partial charge in [0.1, 0.15) is 0 Å². The van der Waals surface area contributed by atoms with Gasteiger partial charge in [-0.2, -0.15) is 0 Å². The summed E-state index contributed by atoms with van der Waals surface area (Å²) in [5, 5.41) is 2.61. The van der Waals surface area contributed by atoms with Crippen molar-refractivity contribution in [1.29, 1.82) is 0 Å². The molecule has 0 atom stereocenters. The third-order valence-corrected chi connectivity index (χ3v) is 2.78. The van der Waals surface area contributed by atoms with E-state index in [1.807, 2.05) is 0 Å². The minimum atomic E-state index is -0.462. The van der Waals surface area contributed by atoms with E-state index in [4.69, 9.17) is 9.47 Å². The number of nitrogens with one attached hydrogen (secondary N) is 1. The Labute approximate surface area is 123 Å². The fraction of sp³-hybridized carbons (Fsp3) is 0.400. The second-order valence-electron chi connectivity index (χ2n) is 4.34. The second kappa shape index (κ2) is 7.42. The molecular formula is C15H19NO5. The summed E-state index contributed by atoms with van der Waals surface area (Å²) < 4.78 is 10.4.